The molecule has 18 heavy (non-hydrogen) atoms. The molecule has 7 heteroatoms. The highest BCUT2D eigenvalue weighted by Gasteiger charge is 2.09. The van der Waals surface area contributed by atoms with E-state index in [0.717, 1.165) is 23.9 Å². The van der Waals surface area contributed by atoms with Crippen LogP contribution in [-0.4, -0.2) is 41.4 Å². The largest absolute Gasteiger partial charge is 0.396 e. The minimum absolute atomic E-state index is 0.184. The Bertz CT molecular complexity index is 658. The van der Waals surface area contributed by atoms with Crippen molar-refractivity contribution < 1.29 is 5.11 Å². The number of imidazole rings is 1. The maximum absolute atomic E-state index is 8.80. The molecule has 0 radical (unpaired) electrons. The number of aromatic nitrogens is 6. The molecule has 3 aromatic rings. The van der Waals surface area contributed by atoms with Gasteiger partial charge in [-0.25, -0.2) is 19.6 Å². The number of fused-ring (bicyclic) bond motifs is 1. The summed E-state index contributed by atoms with van der Waals surface area (Å²) in [6.45, 7) is 0.184. The van der Waals surface area contributed by atoms with Gasteiger partial charge in [-0.15, -0.1) is 0 Å². The minimum atomic E-state index is 0.184. The molecule has 0 aromatic carbocycles. The number of nitrogens with one attached hydrogen (secondary N) is 1. The van der Waals surface area contributed by atoms with Gasteiger partial charge in [0.1, 0.15) is 11.8 Å². The Balaban J connectivity index is 1.98. The predicted molar refractivity (Wildman–Crippen MR) is 64.2 cm³/mol. The lowest BCUT2D eigenvalue weighted by molar-refractivity contribution is 0.288. The van der Waals surface area contributed by atoms with Crippen molar-refractivity contribution in [1.82, 2.24) is 29.7 Å². The van der Waals surface area contributed by atoms with E-state index in [1.165, 1.54) is 6.33 Å². The van der Waals surface area contributed by atoms with E-state index in [2.05, 4.69) is 25.0 Å². The Hall–Kier alpha value is -2.28. The van der Waals surface area contributed by atoms with Gasteiger partial charge in [-0.3, -0.25) is 0 Å². The lowest BCUT2D eigenvalue weighted by atomic mass is 10.2. The van der Waals surface area contributed by atoms with Crippen molar-refractivity contribution in [2.75, 3.05) is 6.61 Å². The fraction of sp³-hybridized carbons (Fsp3) is 0.273. The molecular formula is C11H12N6O. The monoisotopic (exact) mass is 244 g/mol. The zero-order valence-corrected chi connectivity index (χ0v) is 9.61. The summed E-state index contributed by atoms with van der Waals surface area (Å²) in [7, 11) is 0. The van der Waals surface area contributed by atoms with E-state index in [1.807, 2.05) is 6.20 Å². The zero-order chi connectivity index (χ0) is 12.4. The quantitative estimate of drug-likeness (QED) is 0.695. The third-order valence-electron chi connectivity index (χ3n) is 2.68. The van der Waals surface area contributed by atoms with Crippen LogP contribution < -0.4 is 0 Å². The average molecular weight is 244 g/mol. The highest BCUT2D eigenvalue weighted by Crippen LogP contribution is 2.14. The van der Waals surface area contributed by atoms with Crippen molar-refractivity contribution in [3.63, 3.8) is 0 Å². The van der Waals surface area contributed by atoms with Crippen LogP contribution in [0.4, 0.5) is 0 Å². The molecule has 0 fully saturated rings. The molecule has 2 N–H and O–H groups in total. The third-order valence-corrected chi connectivity index (χ3v) is 2.68. The first-order valence-corrected chi connectivity index (χ1v) is 5.67. The third kappa shape index (κ3) is 1.84. The average Bonchev–Trinajstić information content (AvgIpc) is 3.04. The van der Waals surface area contributed by atoms with Gasteiger partial charge in [-0.2, -0.15) is 5.10 Å². The standard InChI is InChI=1S/C11H12N6O/c18-3-1-2-8-4-16-17(5-8)11-9-10(13-6-12-9)14-7-15-11/h4-7,18H,1-3H2,(H,12,13,14,15). The van der Waals surface area contributed by atoms with Crippen LogP contribution in [0.5, 0.6) is 0 Å². The summed E-state index contributed by atoms with van der Waals surface area (Å²) < 4.78 is 1.69. The summed E-state index contributed by atoms with van der Waals surface area (Å²) in [5, 5.41) is 13.1. The summed E-state index contributed by atoms with van der Waals surface area (Å²) in [5.74, 6) is 0.674. The Labute approximate surface area is 103 Å². The second-order valence-electron chi connectivity index (χ2n) is 3.92. The Morgan fingerprint density at radius 2 is 2.22 bits per heavy atom. The van der Waals surface area contributed by atoms with E-state index >= 15 is 0 Å². The molecule has 0 bridgehead atoms. The van der Waals surface area contributed by atoms with Gasteiger partial charge in [0.15, 0.2) is 11.5 Å². The van der Waals surface area contributed by atoms with E-state index in [-0.39, 0.29) is 6.61 Å². The predicted octanol–water partition coefficient (Wildman–Crippen LogP) is 0.464. The summed E-state index contributed by atoms with van der Waals surface area (Å²) in [6.07, 6.45) is 8.26. The van der Waals surface area contributed by atoms with Crippen LogP contribution in [0.3, 0.4) is 0 Å². The molecule has 0 saturated carbocycles. The first-order valence-electron chi connectivity index (χ1n) is 5.67. The molecule has 0 saturated heterocycles. The van der Waals surface area contributed by atoms with E-state index in [0.29, 0.717) is 11.5 Å². The molecule has 0 aliphatic rings. The SMILES string of the molecule is OCCCc1cnn(-c2ncnc3nc[nH]c23)c1. The van der Waals surface area contributed by atoms with Crippen LogP contribution in [0.1, 0.15) is 12.0 Å². The van der Waals surface area contributed by atoms with Gasteiger partial charge < -0.3 is 10.1 Å². The number of nitrogens with zero attached hydrogens (tertiary/aromatic N) is 5. The molecule has 3 aromatic heterocycles. The molecule has 0 spiro atoms. The van der Waals surface area contributed by atoms with Crippen molar-refractivity contribution in [1.29, 1.82) is 0 Å². The molecule has 0 aliphatic heterocycles. The van der Waals surface area contributed by atoms with Gasteiger partial charge in [0.2, 0.25) is 0 Å². The molecule has 0 amide bonds. The number of aryl methyl sites for hydroxylation is 1. The highest BCUT2D eigenvalue weighted by molar-refractivity contribution is 5.77. The van der Waals surface area contributed by atoms with Gasteiger partial charge >= 0.3 is 0 Å². The van der Waals surface area contributed by atoms with E-state index in [4.69, 9.17) is 5.11 Å². The van der Waals surface area contributed by atoms with Crippen molar-refractivity contribution in [3.8, 4) is 5.82 Å². The Morgan fingerprint density at radius 3 is 3.11 bits per heavy atom. The lowest BCUT2D eigenvalue weighted by Gasteiger charge is -2.00. The lowest BCUT2D eigenvalue weighted by Crippen LogP contribution is -1.99. The molecule has 3 rings (SSSR count). The van der Waals surface area contributed by atoms with E-state index in [9.17, 15) is 0 Å². The molecule has 92 valence electrons. The van der Waals surface area contributed by atoms with E-state index in [1.54, 1.807) is 17.2 Å². The second-order valence-corrected chi connectivity index (χ2v) is 3.92. The highest BCUT2D eigenvalue weighted by atomic mass is 16.2. The maximum Gasteiger partial charge on any atom is 0.182 e. The number of H-pyrrole nitrogens is 1. The number of aromatic amines is 1. The van der Waals surface area contributed by atoms with Crippen molar-refractivity contribution in [2.45, 2.75) is 12.8 Å². The zero-order valence-electron chi connectivity index (χ0n) is 9.61. The first-order chi connectivity index (χ1) is 8.88. The number of aliphatic hydroxyl groups is 1. The van der Waals surface area contributed by atoms with Crippen LogP contribution in [0.2, 0.25) is 0 Å². The Morgan fingerprint density at radius 1 is 1.28 bits per heavy atom. The van der Waals surface area contributed by atoms with Crippen LogP contribution in [0.25, 0.3) is 17.0 Å². The molecule has 7 nitrogen and oxygen atoms in total. The van der Waals surface area contributed by atoms with Gasteiger partial charge in [0.05, 0.1) is 12.5 Å². The Kier molecular flexibility index (Phi) is 2.73. The molecule has 0 atom stereocenters. The maximum atomic E-state index is 8.80. The fourth-order valence-electron chi connectivity index (χ4n) is 1.81. The second kappa shape index (κ2) is 4.53. The summed E-state index contributed by atoms with van der Waals surface area (Å²) in [6, 6.07) is 0. The van der Waals surface area contributed by atoms with Gasteiger partial charge in [0.25, 0.3) is 0 Å². The topological polar surface area (TPSA) is 92.5 Å². The molecule has 0 aliphatic carbocycles. The van der Waals surface area contributed by atoms with Crippen LogP contribution >= 0.6 is 0 Å². The first kappa shape index (κ1) is 10.8. The van der Waals surface area contributed by atoms with Gasteiger partial charge in [-0.05, 0) is 18.4 Å². The van der Waals surface area contributed by atoms with Crippen LogP contribution in [0, 0.1) is 0 Å². The smallest absolute Gasteiger partial charge is 0.182 e. The van der Waals surface area contributed by atoms with E-state index < -0.39 is 0 Å². The normalized spacial score (nSPS) is 11.2. The number of rotatable bonds is 4. The van der Waals surface area contributed by atoms with Crippen molar-refractivity contribution in [2.24, 2.45) is 0 Å². The summed E-state index contributed by atoms with van der Waals surface area (Å²) >= 11 is 0. The van der Waals surface area contributed by atoms with Crippen molar-refractivity contribution >= 4 is 11.2 Å². The summed E-state index contributed by atoms with van der Waals surface area (Å²) in [4.78, 5) is 15.4. The number of hydrogen-bond acceptors (Lipinski definition) is 5. The number of aliphatic hydroxyl groups excluding tert-OH is 1. The fourth-order valence-corrected chi connectivity index (χ4v) is 1.81. The molecule has 0 unspecified atom stereocenters. The molecular weight excluding hydrogens is 232 g/mol. The van der Waals surface area contributed by atoms with Crippen LogP contribution in [0.15, 0.2) is 25.0 Å². The van der Waals surface area contributed by atoms with Gasteiger partial charge in [0, 0.05) is 12.8 Å². The summed E-state index contributed by atoms with van der Waals surface area (Å²) in [5.41, 5.74) is 2.44. The van der Waals surface area contributed by atoms with Crippen molar-refractivity contribution in [3.05, 3.63) is 30.6 Å². The van der Waals surface area contributed by atoms with Gasteiger partial charge in [-0.1, -0.05) is 0 Å². The molecule has 3 heterocycles. The van der Waals surface area contributed by atoms with Crippen LogP contribution in [-0.2, 0) is 6.42 Å². The number of hydrogen-bond donors (Lipinski definition) is 2. The minimum Gasteiger partial charge on any atom is -0.396 e.